The van der Waals surface area contributed by atoms with E-state index in [0.717, 1.165) is 32.3 Å². The largest absolute Gasteiger partial charge is 0.376 e. The van der Waals surface area contributed by atoms with Gasteiger partial charge in [-0.15, -0.1) is 11.3 Å². The zero-order valence-electron chi connectivity index (χ0n) is 15.1. The summed E-state index contributed by atoms with van der Waals surface area (Å²) in [5.74, 6) is 0.414. The fraction of sp³-hybridized carbons (Fsp3) is 0.737. The van der Waals surface area contributed by atoms with Gasteiger partial charge in [-0.2, -0.15) is 0 Å². The third kappa shape index (κ3) is 5.57. The second-order valence-corrected chi connectivity index (χ2v) is 7.52. The third-order valence-corrected chi connectivity index (χ3v) is 5.80. The van der Waals surface area contributed by atoms with Crippen molar-refractivity contribution < 1.29 is 14.3 Å². The van der Waals surface area contributed by atoms with Crippen LogP contribution in [0.4, 0.5) is 0 Å². The van der Waals surface area contributed by atoms with E-state index in [-0.39, 0.29) is 18.1 Å². The average Bonchev–Trinajstić information content (AvgIpc) is 3.15. The van der Waals surface area contributed by atoms with Gasteiger partial charge in [0, 0.05) is 11.5 Å². The fourth-order valence-corrected chi connectivity index (χ4v) is 4.06. The maximum absolute atomic E-state index is 12.6. The lowest BCUT2D eigenvalue weighted by Crippen LogP contribution is -2.40. The smallest absolute Gasteiger partial charge is 0.249 e. The first-order valence-electron chi connectivity index (χ1n) is 9.22. The van der Waals surface area contributed by atoms with Gasteiger partial charge in [-0.1, -0.05) is 32.8 Å². The molecule has 2 heterocycles. The molecule has 1 aliphatic heterocycles. The summed E-state index contributed by atoms with van der Waals surface area (Å²) in [6.45, 7) is 7.51. The zero-order chi connectivity index (χ0) is 17.4. The molecule has 0 saturated carbocycles. The average molecular weight is 354 g/mol. The Morgan fingerprint density at radius 2 is 2.21 bits per heavy atom. The molecule has 4 nitrogen and oxygen atoms in total. The van der Waals surface area contributed by atoms with E-state index >= 15 is 0 Å². The Hall–Kier alpha value is -0.910. The van der Waals surface area contributed by atoms with Crippen LogP contribution in [0, 0.1) is 5.92 Å². The summed E-state index contributed by atoms with van der Waals surface area (Å²) in [6, 6.07) is 4.22. The lowest BCUT2D eigenvalue weighted by atomic mass is 9.93. The van der Waals surface area contributed by atoms with Crippen molar-refractivity contribution in [3.05, 3.63) is 22.4 Å². The van der Waals surface area contributed by atoms with Crippen molar-refractivity contribution in [2.24, 2.45) is 5.92 Å². The van der Waals surface area contributed by atoms with Gasteiger partial charge in [0.2, 0.25) is 5.91 Å². The Bertz CT molecular complexity index is 467. The second-order valence-electron chi connectivity index (χ2n) is 6.54. The molecule has 1 fully saturated rings. The Labute approximate surface area is 149 Å². The maximum Gasteiger partial charge on any atom is 0.249 e. The topological polar surface area (TPSA) is 47.6 Å². The van der Waals surface area contributed by atoms with E-state index in [2.05, 4.69) is 30.6 Å². The highest BCUT2D eigenvalue weighted by Gasteiger charge is 2.26. The van der Waals surface area contributed by atoms with Crippen LogP contribution in [-0.2, 0) is 14.3 Å². The number of carbonyl (C=O) groups is 1. The van der Waals surface area contributed by atoms with Gasteiger partial charge in [-0.05, 0) is 43.6 Å². The predicted octanol–water partition coefficient (Wildman–Crippen LogP) is 4.32. The van der Waals surface area contributed by atoms with Crippen LogP contribution >= 0.6 is 11.3 Å². The molecule has 0 radical (unpaired) electrons. The lowest BCUT2D eigenvalue weighted by Gasteiger charge is -2.28. The summed E-state index contributed by atoms with van der Waals surface area (Å²) in [4.78, 5) is 13.8. The number of amides is 1. The molecule has 1 amide bonds. The van der Waals surface area contributed by atoms with Gasteiger partial charge in [0.05, 0.1) is 18.8 Å². The van der Waals surface area contributed by atoms with Crippen molar-refractivity contribution in [1.82, 2.24) is 5.32 Å². The van der Waals surface area contributed by atoms with E-state index in [1.807, 2.05) is 13.0 Å². The van der Waals surface area contributed by atoms with Crippen LogP contribution in [-0.4, -0.2) is 31.3 Å². The summed E-state index contributed by atoms with van der Waals surface area (Å²) in [7, 11) is 0. The first-order valence-corrected chi connectivity index (χ1v) is 10.1. The van der Waals surface area contributed by atoms with Gasteiger partial charge in [-0.3, -0.25) is 4.79 Å². The summed E-state index contributed by atoms with van der Waals surface area (Å²) in [5.41, 5.74) is 0. The molecule has 2 rings (SSSR count). The van der Waals surface area contributed by atoms with Crippen LogP contribution in [0.3, 0.4) is 0 Å². The Morgan fingerprint density at radius 1 is 1.42 bits per heavy atom. The molecular formula is C19H31NO3S. The minimum absolute atomic E-state index is 0.0314. The molecular weight excluding hydrogens is 322 g/mol. The fourth-order valence-electron chi connectivity index (χ4n) is 3.19. The number of carbonyl (C=O) groups excluding carboxylic acids is 1. The third-order valence-electron chi connectivity index (χ3n) is 4.84. The van der Waals surface area contributed by atoms with Crippen molar-refractivity contribution in [2.75, 3.05) is 13.2 Å². The standard InChI is InChI=1S/C19H31NO3S/c1-4-15(5-2)18(17-10-8-12-24-17)20-19(21)14(3)23-13-16-9-6-7-11-22-16/h8,10,12,14-16,18H,4-7,9,11,13H2,1-3H3,(H,20,21). The zero-order valence-corrected chi connectivity index (χ0v) is 15.9. The normalized spacial score (nSPS) is 20.8. The number of hydrogen-bond acceptors (Lipinski definition) is 4. The molecule has 5 heteroatoms. The number of hydrogen-bond donors (Lipinski definition) is 1. The Morgan fingerprint density at radius 3 is 2.79 bits per heavy atom. The Kier molecular flexibility index (Phi) is 8.22. The molecule has 0 spiro atoms. The highest BCUT2D eigenvalue weighted by atomic mass is 32.1. The number of rotatable bonds is 9. The number of thiophene rings is 1. The van der Waals surface area contributed by atoms with E-state index in [1.165, 1.54) is 11.3 Å². The monoisotopic (exact) mass is 353 g/mol. The summed E-state index contributed by atoms with van der Waals surface area (Å²) >= 11 is 1.70. The SMILES string of the molecule is CCC(CC)C(NC(=O)C(C)OCC1CCCCO1)c1cccs1. The summed E-state index contributed by atoms with van der Waals surface area (Å²) in [6.07, 6.45) is 5.12. The van der Waals surface area contributed by atoms with Crippen LogP contribution in [0.15, 0.2) is 17.5 Å². The predicted molar refractivity (Wildman–Crippen MR) is 98.3 cm³/mol. The van der Waals surface area contributed by atoms with E-state index < -0.39 is 6.10 Å². The highest BCUT2D eigenvalue weighted by Crippen LogP contribution is 2.30. The molecule has 1 aromatic rings. The molecule has 1 saturated heterocycles. The molecule has 3 unspecified atom stereocenters. The van der Waals surface area contributed by atoms with E-state index in [4.69, 9.17) is 9.47 Å². The van der Waals surface area contributed by atoms with Gasteiger partial charge < -0.3 is 14.8 Å². The molecule has 1 aliphatic rings. The van der Waals surface area contributed by atoms with Crippen LogP contribution in [0.25, 0.3) is 0 Å². The van der Waals surface area contributed by atoms with Gasteiger partial charge in [0.25, 0.3) is 0 Å². The van der Waals surface area contributed by atoms with Crippen LogP contribution in [0.5, 0.6) is 0 Å². The molecule has 0 aromatic carbocycles. The first kappa shape index (κ1) is 19.4. The van der Waals surface area contributed by atoms with Crippen molar-refractivity contribution >= 4 is 17.2 Å². The Balaban J connectivity index is 1.88. The van der Waals surface area contributed by atoms with Gasteiger partial charge in [0.15, 0.2) is 0 Å². The first-order chi connectivity index (χ1) is 11.7. The number of ether oxygens (including phenoxy) is 2. The van der Waals surface area contributed by atoms with E-state index in [1.54, 1.807) is 11.3 Å². The highest BCUT2D eigenvalue weighted by molar-refractivity contribution is 7.10. The maximum atomic E-state index is 12.6. The van der Waals surface area contributed by atoms with Crippen molar-refractivity contribution in [1.29, 1.82) is 0 Å². The quantitative estimate of drug-likeness (QED) is 0.719. The molecule has 24 heavy (non-hydrogen) atoms. The summed E-state index contributed by atoms with van der Waals surface area (Å²) in [5, 5.41) is 5.28. The van der Waals surface area contributed by atoms with Crippen molar-refractivity contribution in [3.63, 3.8) is 0 Å². The van der Waals surface area contributed by atoms with Crippen molar-refractivity contribution in [2.45, 2.75) is 71.1 Å². The number of nitrogens with one attached hydrogen (secondary N) is 1. The van der Waals surface area contributed by atoms with Crippen LogP contribution < -0.4 is 5.32 Å². The molecule has 136 valence electrons. The molecule has 3 atom stereocenters. The van der Waals surface area contributed by atoms with E-state index in [0.29, 0.717) is 12.5 Å². The van der Waals surface area contributed by atoms with Crippen LogP contribution in [0.1, 0.15) is 63.8 Å². The van der Waals surface area contributed by atoms with Gasteiger partial charge in [-0.25, -0.2) is 0 Å². The molecule has 1 aromatic heterocycles. The van der Waals surface area contributed by atoms with Gasteiger partial charge in [0.1, 0.15) is 6.10 Å². The second kappa shape index (κ2) is 10.2. The molecule has 0 bridgehead atoms. The van der Waals surface area contributed by atoms with Crippen molar-refractivity contribution in [3.8, 4) is 0 Å². The minimum atomic E-state index is -0.452. The van der Waals surface area contributed by atoms with Crippen LogP contribution in [0.2, 0.25) is 0 Å². The van der Waals surface area contributed by atoms with E-state index in [9.17, 15) is 4.79 Å². The molecule has 0 aliphatic carbocycles. The van der Waals surface area contributed by atoms with Gasteiger partial charge >= 0.3 is 0 Å². The summed E-state index contributed by atoms with van der Waals surface area (Å²) < 4.78 is 11.4. The molecule has 1 N–H and O–H groups in total. The lowest BCUT2D eigenvalue weighted by molar-refractivity contribution is -0.136. The minimum Gasteiger partial charge on any atom is -0.376 e.